The molecule has 188 valence electrons. The molecule has 6 aromatic rings. The van der Waals surface area contributed by atoms with Crippen LogP contribution in [-0.2, 0) is 6.54 Å². The molecule has 10 heteroatoms. The number of phenols is 1. The van der Waals surface area contributed by atoms with E-state index < -0.39 is 0 Å². The normalized spacial score (nSPS) is 11.2. The Bertz CT molecular complexity index is 1810. The van der Waals surface area contributed by atoms with Gasteiger partial charge in [-0.25, -0.2) is 9.97 Å². The van der Waals surface area contributed by atoms with Gasteiger partial charge in [-0.05, 0) is 65.7 Å². The van der Waals surface area contributed by atoms with E-state index in [1.165, 1.54) is 11.7 Å². The molecule has 0 aliphatic carbocycles. The van der Waals surface area contributed by atoms with Crippen molar-refractivity contribution in [2.45, 2.75) is 6.54 Å². The van der Waals surface area contributed by atoms with Crippen molar-refractivity contribution >= 4 is 39.7 Å². The average Bonchev–Trinajstić information content (AvgIpc) is 3.59. The zero-order valence-corrected chi connectivity index (χ0v) is 21.4. The summed E-state index contributed by atoms with van der Waals surface area (Å²) in [6.45, 7) is 0.442. The van der Waals surface area contributed by atoms with Crippen LogP contribution in [0.2, 0.25) is 0 Å². The molecule has 0 unspecified atom stereocenters. The summed E-state index contributed by atoms with van der Waals surface area (Å²) in [4.78, 5) is 27.0. The number of ether oxygens (including phenoxy) is 1. The summed E-state index contributed by atoms with van der Waals surface area (Å²) < 4.78 is 13.9. The Morgan fingerprint density at radius 3 is 2.71 bits per heavy atom. The Balaban J connectivity index is 1.28. The fourth-order valence-corrected chi connectivity index (χ4v) is 4.95. The summed E-state index contributed by atoms with van der Waals surface area (Å²) >= 11 is 1.17. The van der Waals surface area contributed by atoms with Gasteiger partial charge in [0.1, 0.15) is 22.6 Å². The van der Waals surface area contributed by atoms with Crippen molar-refractivity contribution in [1.29, 1.82) is 0 Å². The smallest absolute Gasteiger partial charge is 0.253 e. The number of hydrogen-bond acceptors (Lipinski definition) is 8. The molecule has 0 saturated carbocycles. The zero-order chi connectivity index (χ0) is 26.2. The van der Waals surface area contributed by atoms with Crippen molar-refractivity contribution in [3.05, 3.63) is 84.1 Å². The van der Waals surface area contributed by atoms with Crippen molar-refractivity contribution in [2.24, 2.45) is 0 Å². The van der Waals surface area contributed by atoms with Gasteiger partial charge in [0.15, 0.2) is 0 Å². The van der Waals surface area contributed by atoms with Gasteiger partial charge in [-0.1, -0.05) is 12.1 Å². The molecule has 3 aromatic heterocycles. The number of amides is 1. The molecule has 38 heavy (non-hydrogen) atoms. The predicted octanol–water partition coefficient (Wildman–Crippen LogP) is 5.28. The molecule has 0 bridgehead atoms. The van der Waals surface area contributed by atoms with E-state index in [4.69, 9.17) is 4.74 Å². The molecule has 0 radical (unpaired) electrons. The molecule has 9 nitrogen and oxygen atoms in total. The van der Waals surface area contributed by atoms with Crippen LogP contribution in [0.4, 0.5) is 0 Å². The molecule has 0 spiro atoms. The third-order valence-electron chi connectivity index (χ3n) is 6.34. The Hall–Kier alpha value is -4.83. The van der Waals surface area contributed by atoms with Crippen LogP contribution >= 0.6 is 11.7 Å². The number of aromatic hydroxyl groups is 1. The van der Waals surface area contributed by atoms with E-state index in [9.17, 15) is 9.90 Å². The molecule has 0 saturated heterocycles. The van der Waals surface area contributed by atoms with Gasteiger partial charge in [0.25, 0.3) is 5.91 Å². The Labute approximate surface area is 221 Å². The number of rotatable bonds is 6. The highest BCUT2D eigenvalue weighted by atomic mass is 32.1. The lowest BCUT2D eigenvalue weighted by molar-refractivity contribution is 0.0785. The lowest BCUT2D eigenvalue weighted by Crippen LogP contribution is -2.26. The lowest BCUT2D eigenvalue weighted by atomic mass is 10.0. The number of imidazole rings is 1. The fourth-order valence-electron chi connectivity index (χ4n) is 4.43. The maximum Gasteiger partial charge on any atom is 0.253 e. The number of benzene rings is 3. The number of nitrogens with one attached hydrogen (secondary N) is 1. The van der Waals surface area contributed by atoms with E-state index in [0.29, 0.717) is 40.4 Å². The third-order valence-corrected chi connectivity index (χ3v) is 6.90. The lowest BCUT2D eigenvalue weighted by Gasteiger charge is -2.17. The van der Waals surface area contributed by atoms with E-state index in [1.807, 2.05) is 36.4 Å². The molecule has 0 atom stereocenters. The second-order valence-electron chi connectivity index (χ2n) is 8.86. The monoisotopic (exact) mass is 522 g/mol. The van der Waals surface area contributed by atoms with Crippen LogP contribution in [0.15, 0.2) is 72.9 Å². The summed E-state index contributed by atoms with van der Waals surface area (Å²) in [6.07, 6.45) is 1.66. The maximum atomic E-state index is 13.2. The predicted molar refractivity (Wildman–Crippen MR) is 146 cm³/mol. The Morgan fingerprint density at radius 1 is 1.00 bits per heavy atom. The Kier molecular flexibility index (Phi) is 5.93. The molecule has 2 N–H and O–H groups in total. The number of phenolic OH excluding ortho intramolecular Hbond substituents is 1. The van der Waals surface area contributed by atoms with E-state index in [-0.39, 0.29) is 11.7 Å². The molecule has 3 aromatic carbocycles. The number of methoxy groups -OCH3 is 1. The van der Waals surface area contributed by atoms with Gasteiger partial charge in [0, 0.05) is 30.9 Å². The van der Waals surface area contributed by atoms with Crippen LogP contribution in [0.3, 0.4) is 0 Å². The molecule has 1 amide bonds. The van der Waals surface area contributed by atoms with Crippen LogP contribution in [-0.4, -0.2) is 53.8 Å². The van der Waals surface area contributed by atoms with Gasteiger partial charge in [0.2, 0.25) is 5.88 Å². The van der Waals surface area contributed by atoms with Crippen LogP contribution in [0.5, 0.6) is 11.6 Å². The summed E-state index contributed by atoms with van der Waals surface area (Å²) in [5.74, 6) is 0.946. The maximum absolute atomic E-state index is 13.2. The minimum absolute atomic E-state index is 0.0824. The number of aromatic nitrogens is 5. The van der Waals surface area contributed by atoms with Crippen molar-refractivity contribution in [3.8, 4) is 34.1 Å². The van der Waals surface area contributed by atoms with Crippen molar-refractivity contribution < 1.29 is 14.6 Å². The summed E-state index contributed by atoms with van der Waals surface area (Å²) in [5.41, 5.74) is 6.72. The second-order valence-corrected chi connectivity index (χ2v) is 9.39. The molecule has 0 aliphatic heterocycles. The standard InChI is InChI=1S/C28H22N6O3S/c1-34(15-16-5-8-22-24(12-16)33-38-32-22)28(36)18-6-9-21-23(14-18)31-26(30-21)20-13-17(7-10-25(20)35)19-4-3-11-29-27(19)37-2/h3-14,35H,15H2,1-2H3,(H,30,31). The number of fused-ring (bicyclic) bond motifs is 2. The highest BCUT2D eigenvalue weighted by molar-refractivity contribution is 7.00. The van der Waals surface area contributed by atoms with Crippen molar-refractivity contribution in [2.75, 3.05) is 14.2 Å². The first-order chi connectivity index (χ1) is 18.5. The number of hydrogen-bond donors (Lipinski definition) is 2. The van der Waals surface area contributed by atoms with Gasteiger partial charge in [-0.3, -0.25) is 4.79 Å². The number of nitrogens with zero attached hydrogens (tertiary/aromatic N) is 5. The molecular formula is C28H22N6O3S. The quantitative estimate of drug-likeness (QED) is 0.305. The number of aromatic amines is 1. The number of pyridine rings is 1. The molecule has 0 aliphatic rings. The SMILES string of the molecule is COc1ncccc1-c1ccc(O)c(-c2nc3ccc(C(=O)N(C)Cc4ccc5nsnc5c4)cc3[nH]2)c1. The first-order valence-corrected chi connectivity index (χ1v) is 12.5. The molecule has 0 fully saturated rings. The number of carbonyl (C=O) groups is 1. The van der Waals surface area contributed by atoms with Crippen molar-refractivity contribution in [1.82, 2.24) is 28.6 Å². The van der Waals surface area contributed by atoms with E-state index in [2.05, 4.69) is 23.7 Å². The van der Waals surface area contributed by atoms with Gasteiger partial charge < -0.3 is 19.7 Å². The number of carbonyl (C=O) groups excluding carboxylic acids is 1. The Morgan fingerprint density at radius 2 is 1.84 bits per heavy atom. The van der Waals surface area contributed by atoms with Gasteiger partial charge in [-0.15, -0.1) is 0 Å². The van der Waals surface area contributed by atoms with Gasteiger partial charge >= 0.3 is 0 Å². The minimum Gasteiger partial charge on any atom is -0.507 e. The minimum atomic E-state index is -0.118. The number of H-pyrrole nitrogens is 1. The largest absolute Gasteiger partial charge is 0.507 e. The summed E-state index contributed by atoms with van der Waals surface area (Å²) in [7, 11) is 3.34. The van der Waals surface area contributed by atoms with E-state index in [0.717, 1.165) is 27.7 Å². The topological polar surface area (TPSA) is 117 Å². The second kappa shape index (κ2) is 9.56. The third kappa shape index (κ3) is 4.31. The summed E-state index contributed by atoms with van der Waals surface area (Å²) in [6, 6.07) is 20.2. The first kappa shape index (κ1) is 23.6. The summed E-state index contributed by atoms with van der Waals surface area (Å²) in [5, 5.41) is 10.6. The highest BCUT2D eigenvalue weighted by Gasteiger charge is 2.17. The fraction of sp³-hybridized carbons (Fsp3) is 0.107. The molecule has 3 heterocycles. The van der Waals surface area contributed by atoms with Crippen molar-refractivity contribution in [3.63, 3.8) is 0 Å². The van der Waals surface area contributed by atoms with Gasteiger partial charge in [0.05, 0.1) is 35.4 Å². The zero-order valence-electron chi connectivity index (χ0n) is 20.5. The molecule has 6 rings (SSSR count). The van der Waals surface area contributed by atoms with Crippen LogP contribution in [0.25, 0.3) is 44.6 Å². The highest BCUT2D eigenvalue weighted by Crippen LogP contribution is 2.35. The van der Waals surface area contributed by atoms with Gasteiger partial charge in [-0.2, -0.15) is 8.75 Å². The van der Waals surface area contributed by atoms with Crippen LogP contribution in [0, 0.1) is 0 Å². The van der Waals surface area contributed by atoms with E-state index >= 15 is 0 Å². The first-order valence-electron chi connectivity index (χ1n) is 11.8. The van der Waals surface area contributed by atoms with E-state index in [1.54, 1.807) is 55.6 Å². The average molecular weight is 523 g/mol. The van der Waals surface area contributed by atoms with Crippen LogP contribution < -0.4 is 4.74 Å². The molecular weight excluding hydrogens is 500 g/mol. The van der Waals surface area contributed by atoms with Crippen LogP contribution in [0.1, 0.15) is 15.9 Å².